The van der Waals surface area contributed by atoms with Crippen LogP contribution in [0.2, 0.25) is 0 Å². The highest BCUT2D eigenvalue weighted by atomic mass is 32.1. The first-order valence-electron chi connectivity index (χ1n) is 6.39. The molecule has 1 N–H and O–H groups in total. The van der Waals surface area contributed by atoms with Crippen molar-refractivity contribution in [2.24, 2.45) is 5.92 Å². The second-order valence-corrected chi connectivity index (χ2v) is 6.12. The highest BCUT2D eigenvalue weighted by Gasteiger charge is 2.33. The van der Waals surface area contributed by atoms with Crippen molar-refractivity contribution < 1.29 is 0 Å². The molecule has 1 aromatic rings. The molecule has 1 aliphatic carbocycles. The van der Waals surface area contributed by atoms with E-state index in [0.717, 1.165) is 18.5 Å². The van der Waals surface area contributed by atoms with Crippen molar-refractivity contribution in [1.29, 1.82) is 0 Å². The number of hydrogen-bond acceptors (Lipinski definition) is 3. The zero-order chi connectivity index (χ0) is 10.8. The van der Waals surface area contributed by atoms with Crippen molar-refractivity contribution >= 4 is 11.3 Å². The van der Waals surface area contributed by atoms with Gasteiger partial charge in [-0.25, -0.2) is 0 Å². The van der Waals surface area contributed by atoms with Gasteiger partial charge in [0.05, 0.1) is 0 Å². The van der Waals surface area contributed by atoms with E-state index < -0.39 is 0 Å². The number of thiophene rings is 1. The SMILES string of the molecule is c1csc(CNCC2CCN(C3CC3)C2)c1. The zero-order valence-electron chi connectivity index (χ0n) is 9.69. The maximum Gasteiger partial charge on any atom is 0.0299 e. The molecule has 1 saturated carbocycles. The molecule has 16 heavy (non-hydrogen) atoms. The Morgan fingerprint density at radius 1 is 1.38 bits per heavy atom. The van der Waals surface area contributed by atoms with Gasteiger partial charge in [0.15, 0.2) is 0 Å². The summed E-state index contributed by atoms with van der Waals surface area (Å²) in [4.78, 5) is 4.15. The van der Waals surface area contributed by atoms with Crippen molar-refractivity contribution in [2.45, 2.75) is 31.8 Å². The van der Waals surface area contributed by atoms with Crippen LogP contribution in [0.4, 0.5) is 0 Å². The minimum atomic E-state index is 0.889. The molecule has 0 amide bonds. The molecule has 88 valence electrons. The van der Waals surface area contributed by atoms with Crippen LogP contribution < -0.4 is 5.32 Å². The molecule has 1 aliphatic heterocycles. The van der Waals surface area contributed by atoms with Gasteiger partial charge in [0.1, 0.15) is 0 Å². The fourth-order valence-corrected chi connectivity index (χ4v) is 3.29. The number of likely N-dealkylation sites (tertiary alicyclic amines) is 1. The number of nitrogens with zero attached hydrogens (tertiary/aromatic N) is 1. The van der Waals surface area contributed by atoms with E-state index in [2.05, 4.69) is 27.7 Å². The molecule has 3 heteroatoms. The molecular formula is C13H20N2S. The molecule has 0 aromatic carbocycles. The van der Waals surface area contributed by atoms with E-state index in [1.165, 1.54) is 43.8 Å². The Kier molecular flexibility index (Phi) is 3.27. The van der Waals surface area contributed by atoms with Gasteiger partial charge in [-0.3, -0.25) is 0 Å². The van der Waals surface area contributed by atoms with Gasteiger partial charge in [-0.1, -0.05) is 6.07 Å². The third-order valence-corrected chi connectivity index (χ3v) is 4.57. The van der Waals surface area contributed by atoms with Gasteiger partial charge < -0.3 is 10.2 Å². The lowest BCUT2D eigenvalue weighted by atomic mass is 10.1. The second kappa shape index (κ2) is 4.86. The molecule has 1 aromatic heterocycles. The highest BCUT2D eigenvalue weighted by molar-refractivity contribution is 7.09. The van der Waals surface area contributed by atoms with Gasteiger partial charge >= 0.3 is 0 Å². The van der Waals surface area contributed by atoms with Crippen LogP contribution in [0, 0.1) is 5.92 Å². The van der Waals surface area contributed by atoms with Crippen molar-refractivity contribution in [3.63, 3.8) is 0 Å². The molecule has 1 unspecified atom stereocenters. The van der Waals surface area contributed by atoms with Crippen LogP contribution in [0.3, 0.4) is 0 Å². The van der Waals surface area contributed by atoms with Crippen LogP contribution in [0.15, 0.2) is 17.5 Å². The maximum atomic E-state index is 3.59. The molecule has 2 nitrogen and oxygen atoms in total. The molecule has 0 spiro atoms. The van der Waals surface area contributed by atoms with Crippen molar-refractivity contribution in [3.05, 3.63) is 22.4 Å². The van der Waals surface area contributed by atoms with E-state index in [1.54, 1.807) is 0 Å². The van der Waals surface area contributed by atoms with Gasteiger partial charge in [-0.2, -0.15) is 0 Å². The summed E-state index contributed by atoms with van der Waals surface area (Å²) in [7, 11) is 0. The summed E-state index contributed by atoms with van der Waals surface area (Å²) < 4.78 is 0. The molecule has 2 fully saturated rings. The fraction of sp³-hybridized carbons (Fsp3) is 0.692. The Hall–Kier alpha value is -0.380. The van der Waals surface area contributed by atoms with E-state index in [-0.39, 0.29) is 0 Å². The zero-order valence-corrected chi connectivity index (χ0v) is 10.5. The third-order valence-electron chi connectivity index (χ3n) is 3.69. The van der Waals surface area contributed by atoms with Crippen LogP contribution in [0.1, 0.15) is 24.1 Å². The molecule has 0 bridgehead atoms. The Morgan fingerprint density at radius 3 is 3.06 bits per heavy atom. The lowest BCUT2D eigenvalue weighted by Gasteiger charge is -2.14. The lowest BCUT2D eigenvalue weighted by Crippen LogP contribution is -2.27. The first-order chi connectivity index (χ1) is 7.92. The van der Waals surface area contributed by atoms with E-state index in [9.17, 15) is 0 Å². The summed E-state index contributed by atoms with van der Waals surface area (Å²) in [6.45, 7) is 4.93. The van der Waals surface area contributed by atoms with Gasteiger partial charge in [-0.05, 0) is 49.7 Å². The molecule has 2 aliphatic rings. The van der Waals surface area contributed by atoms with E-state index in [1.807, 2.05) is 11.3 Å². The number of nitrogens with one attached hydrogen (secondary N) is 1. The minimum absolute atomic E-state index is 0.889. The molecule has 2 heterocycles. The minimum Gasteiger partial charge on any atom is -0.312 e. The highest BCUT2D eigenvalue weighted by Crippen LogP contribution is 2.31. The van der Waals surface area contributed by atoms with Crippen molar-refractivity contribution in [2.75, 3.05) is 19.6 Å². The topological polar surface area (TPSA) is 15.3 Å². The summed E-state index contributed by atoms with van der Waals surface area (Å²) in [5.74, 6) is 0.889. The molecule has 0 radical (unpaired) electrons. The molecule has 1 saturated heterocycles. The summed E-state index contributed by atoms with van der Waals surface area (Å²) in [6, 6.07) is 5.30. The summed E-state index contributed by atoms with van der Waals surface area (Å²) >= 11 is 1.85. The van der Waals surface area contributed by atoms with Crippen LogP contribution in [-0.2, 0) is 6.54 Å². The van der Waals surface area contributed by atoms with Gasteiger partial charge in [0.2, 0.25) is 0 Å². The van der Waals surface area contributed by atoms with Crippen LogP contribution in [0.25, 0.3) is 0 Å². The molecule has 1 atom stereocenters. The average molecular weight is 236 g/mol. The maximum absolute atomic E-state index is 3.59. The Labute approximate surface area is 102 Å². The number of rotatable bonds is 5. The van der Waals surface area contributed by atoms with Gasteiger partial charge in [0.25, 0.3) is 0 Å². The monoisotopic (exact) mass is 236 g/mol. The Bertz CT molecular complexity index is 319. The normalized spacial score (nSPS) is 26.4. The summed E-state index contributed by atoms with van der Waals surface area (Å²) in [5.41, 5.74) is 0. The second-order valence-electron chi connectivity index (χ2n) is 5.09. The summed E-state index contributed by atoms with van der Waals surface area (Å²) in [5, 5.41) is 5.75. The van der Waals surface area contributed by atoms with Crippen LogP contribution in [0.5, 0.6) is 0 Å². The van der Waals surface area contributed by atoms with E-state index in [0.29, 0.717) is 0 Å². The standard InChI is InChI=1S/C13H20N2S/c1-2-13(16-7-1)9-14-8-11-5-6-15(10-11)12-3-4-12/h1-2,7,11-12,14H,3-6,8-10H2. The first kappa shape index (κ1) is 10.8. The predicted octanol–water partition coefficient (Wildman–Crippen LogP) is 2.32. The Balaban J connectivity index is 1.36. The first-order valence-corrected chi connectivity index (χ1v) is 7.27. The number of hydrogen-bond donors (Lipinski definition) is 1. The lowest BCUT2D eigenvalue weighted by molar-refractivity contribution is 0.312. The smallest absolute Gasteiger partial charge is 0.0299 e. The quantitative estimate of drug-likeness (QED) is 0.844. The Morgan fingerprint density at radius 2 is 2.31 bits per heavy atom. The van der Waals surface area contributed by atoms with E-state index >= 15 is 0 Å². The van der Waals surface area contributed by atoms with E-state index in [4.69, 9.17) is 0 Å². The van der Waals surface area contributed by atoms with Crippen molar-refractivity contribution in [1.82, 2.24) is 10.2 Å². The van der Waals surface area contributed by atoms with Crippen molar-refractivity contribution in [3.8, 4) is 0 Å². The predicted molar refractivity (Wildman–Crippen MR) is 68.7 cm³/mol. The van der Waals surface area contributed by atoms with Crippen LogP contribution >= 0.6 is 11.3 Å². The molecular weight excluding hydrogens is 216 g/mol. The fourth-order valence-electron chi connectivity index (χ4n) is 2.61. The van der Waals surface area contributed by atoms with Gasteiger partial charge in [0, 0.05) is 24.0 Å². The molecule has 3 rings (SSSR count). The third kappa shape index (κ3) is 2.65. The largest absolute Gasteiger partial charge is 0.312 e. The summed E-state index contributed by atoms with van der Waals surface area (Å²) in [6.07, 6.45) is 4.30. The van der Waals surface area contributed by atoms with Crippen LogP contribution in [-0.4, -0.2) is 30.6 Å². The average Bonchev–Trinajstić information content (AvgIpc) is 2.83. The van der Waals surface area contributed by atoms with Gasteiger partial charge in [-0.15, -0.1) is 11.3 Å².